The minimum Gasteiger partial charge on any atom is -0.495 e. The number of anilines is 1. The van der Waals surface area contributed by atoms with Crippen LogP contribution in [0.4, 0.5) is 5.69 Å². The van der Waals surface area contributed by atoms with E-state index in [9.17, 15) is 4.79 Å². The Hall–Kier alpha value is -2.66. The van der Waals surface area contributed by atoms with Gasteiger partial charge in [0.05, 0.1) is 12.1 Å². The Balaban J connectivity index is 1.66. The van der Waals surface area contributed by atoms with Crippen LogP contribution in [0.25, 0.3) is 6.08 Å². The van der Waals surface area contributed by atoms with Gasteiger partial charge in [-0.1, -0.05) is 17.7 Å². The molecule has 1 amide bonds. The summed E-state index contributed by atoms with van der Waals surface area (Å²) in [5.74, 6) is 1.63. The van der Waals surface area contributed by atoms with E-state index >= 15 is 0 Å². The fourth-order valence-electron chi connectivity index (χ4n) is 2.12. The topological polar surface area (TPSA) is 56.8 Å². The normalized spacial score (nSPS) is 12.4. The Bertz CT molecular complexity index is 773. The molecule has 0 radical (unpaired) electrons. The van der Waals surface area contributed by atoms with Crippen LogP contribution in [0.15, 0.2) is 42.5 Å². The van der Waals surface area contributed by atoms with E-state index in [0.717, 1.165) is 5.56 Å². The SMILES string of the molecule is COc1ccc(/C=C/C(=O)Nc2ccc3c(c2)OCO3)cc1Cl. The van der Waals surface area contributed by atoms with E-state index in [0.29, 0.717) is 28.0 Å². The number of amides is 1. The zero-order valence-electron chi connectivity index (χ0n) is 12.3. The second-order valence-electron chi connectivity index (χ2n) is 4.78. The number of halogens is 1. The molecule has 0 aliphatic carbocycles. The zero-order valence-corrected chi connectivity index (χ0v) is 13.1. The first-order chi connectivity index (χ1) is 11.2. The smallest absolute Gasteiger partial charge is 0.248 e. The van der Waals surface area contributed by atoms with Crippen LogP contribution in [-0.4, -0.2) is 19.8 Å². The molecule has 0 atom stereocenters. The van der Waals surface area contributed by atoms with E-state index in [-0.39, 0.29) is 12.7 Å². The molecule has 5 nitrogen and oxygen atoms in total. The van der Waals surface area contributed by atoms with Crippen molar-refractivity contribution in [2.45, 2.75) is 0 Å². The second kappa shape index (κ2) is 6.62. The Morgan fingerprint density at radius 1 is 1.22 bits per heavy atom. The van der Waals surface area contributed by atoms with Crippen LogP contribution in [0.2, 0.25) is 5.02 Å². The summed E-state index contributed by atoms with van der Waals surface area (Å²) in [5, 5.41) is 3.25. The Labute approximate surface area is 138 Å². The summed E-state index contributed by atoms with van der Waals surface area (Å²) in [5.41, 5.74) is 1.44. The van der Waals surface area contributed by atoms with Gasteiger partial charge < -0.3 is 19.5 Å². The molecule has 1 aliphatic rings. The molecule has 0 saturated carbocycles. The molecule has 0 spiro atoms. The minimum absolute atomic E-state index is 0.199. The molecule has 1 N–H and O–H groups in total. The summed E-state index contributed by atoms with van der Waals surface area (Å²) in [4.78, 5) is 12.0. The molecule has 1 heterocycles. The van der Waals surface area contributed by atoms with E-state index in [1.165, 1.54) is 6.08 Å². The maximum atomic E-state index is 12.0. The Morgan fingerprint density at radius 2 is 2.04 bits per heavy atom. The minimum atomic E-state index is -0.254. The summed E-state index contributed by atoms with van der Waals surface area (Å²) in [6.07, 6.45) is 3.11. The molecule has 0 unspecified atom stereocenters. The summed E-state index contributed by atoms with van der Waals surface area (Å²) in [6, 6.07) is 10.5. The zero-order chi connectivity index (χ0) is 16.2. The Kier molecular flexibility index (Phi) is 4.39. The van der Waals surface area contributed by atoms with Crippen LogP contribution in [0.3, 0.4) is 0 Å². The summed E-state index contributed by atoms with van der Waals surface area (Å²) in [7, 11) is 1.55. The van der Waals surface area contributed by atoms with Gasteiger partial charge >= 0.3 is 0 Å². The van der Waals surface area contributed by atoms with Gasteiger partial charge in [0.2, 0.25) is 12.7 Å². The van der Waals surface area contributed by atoms with Gasteiger partial charge in [0, 0.05) is 17.8 Å². The van der Waals surface area contributed by atoms with Crippen LogP contribution in [0.5, 0.6) is 17.2 Å². The summed E-state index contributed by atoms with van der Waals surface area (Å²) < 4.78 is 15.6. The number of rotatable bonds is 4. The molecule has 2 aromatic carbocycles. The molecule has 1 aliphatic heterocycles. The lowest BCUT2D eigenvalue weighted by atomic mass is 10.2. The fraction of sp³-hybridized carbons (Fsp3) is 0.118. The number of nitrogens with one attached hydrogen (secondary N) is 1. The highest BCUT2D eigenvalue weighted by Gasteiger charge is 2.13. The highest BCUT2D eigenvalue weighted by molar-refractivity contribution is 6.32. The first kappa shape index (κ1) is 15.2. The first-order valence-corrected chi connectivity index (χ1v) is 7.26. The van der Waals surface area contributed by atoms with Crippen LogP contribution < -0.4 is 19.5 Å². The van der Waals surface area contributed by atoms with E-state index in [1.54, 1.807) is 43.5 Å². The van der Waals surface area contributed by atoms with Gasteiger partial charge in [-0.05, 0) is 35.9 Å². The van der Waals surface area contributed by atoms with Crippen molar-refractivity contribution in [3.8, 4) is 17.2 Å². The van der Waals surface area contributed by atoms with Gasteiger partial charge in [-0.15, -0.1) is 0 Å². The molecule has 23 heavy (non-hydrogen) atoms. The largest absolute Gasteiger partial charge is 0.495 e. The van der Waals surface area contributed by atoms with Crippen molar-refractivity contribution in [3.63, 3.8) is 0 Å². The monoisotopic (exact) mass is 331 g/mol. The quantitative estimate of drug-likeness (QED) is 0.867. The molecular weight excluding hydrogens is 318 g/mol. The number of hydrogen-bond donors (Lipinski definition) is 1. The van der Waals surface area contributed by atoms with Gasteiger partial charge in [-0.3, -0.25) is 4.79 Å². The Morgan fingerprint density at radius 3 is 2.83 bits per heavy atom. The first-order valence-electron chi connectivity index (χ1n) is 6.88. The van der Waals surface area contributed by atoms with Crippen molar-refractivity contribution < 1.29 is 19.0 Å². The molecule has 118 valence electrons. The van der Waals surface area contributed by atoms with Gasteiger partial charge in [0.25, 0.3) is 0 Å². The third-order valence-corrected chi connectivity index (χ3v) is 3.54. The number of benzene rings is 2. The second-order valence-corrected chi connectivity index (χ2v) is 5.19. The highest BCUT2D eigenvalue weighted by atomic mass is 35.5. The highest BCUT2D eigenvalue weighted by Crippen LogP contribution is 2.34. The number of methoxy groups -OCH3 is 1. The van der Waals surface area contributed by atoms with Crippen LogP contribution in [-0.2, 0) is 4.79 Å². The third-order valence-electron chi connectivity index (χ3n) is 3.24. The van der Waals surface area contributed by atoms with Crippen molar-refractivity contribution >= 4 is 29.3 Å². The van der Waals surface area contributed by atoms with Crippen LogP contribution >= 0.6 is 11.6 Å². The molecule has 0 fully saturated rings. The predicted octanol–water partition coefficient (Wildman–Crippen LogP) is 3.73. The van der Waals surface area contributed by atoms with Gasteiger partial charge in [-0.2, -0.15) is 0 Å². The van der Waals surface area contributed by atoms with Crippen LogP contribution in [0, 0.1) is 0 Å². The van der Waals surface area contributed by atoms with Crippen molar-refractivity contribution in [3.05, 3.63) is 53.1 Å². The van der Waals surface area contributed by atoms with Crippen molar-refractivity contribution in [1.82, 2.24) is 0 Å². The molecule has 0 saturated heterocycles. The maximum absolute atomic E-state index is 12.0. The standard InChI is InChI=1S/C17H14ClNO4/c1-21-14-5-2-11(8-13(14)18)3-7-17(20)19-12-4-6-15-16(9-12)23-10-22-15/h2-9H,10H2,1H3,(H,19,20)/b7-3+. The van der Waals surface area contributed by atoms with Crippen LogP contribution in [0.1, 0.15) is 5.56 Å². The summed E-state index contributed by atoms with van der Waals surface area (Å²) >= 11 is 6.04. The van der Waals surface area contributed by atoms with E-state index in [2.05, 4.69) is 5.32 Å². The molecule has 3 rings (SSSR count). The maximum Gasteiger partial charge on any atom is 0.248 e. The molecule has 2 aromatic rings. The summed E-state index contributed by atoms with van der Waals surface area (Å²) in [6.45, 7) is 0.199. The lowest BCUT2D eigenvalue weighted by Crippen LogP contribution is -2.07. The molecular formula is C17H14ClNO4. The van der Waals surface area contributed by atoms with Gasteiger partial charge in [0.1, 0.15) is 5.75 Å². The van der Waals surface area contributed by atoms with E-state index in [1.807, 2.05) is 6.07 Å². The van der Waals surface area contributed by atoms with E-state index < -0.39 is 0 Å². The fourth-order valence-corrected chi connectivity index (χ4v) is 2.38. The number of hydrogen-bond acceptors (Lipinski definition) is 4. The predicted molar refractivity (Wildman–Crippen MR) is 88.2 cm³/mol. The van der Waals surface area contributed by atoms with Gasteiger partial charge in [0.15, 0.2) is 11.5 Å². The number of carbonyl (C=O) groups is 1. The lowest BCUT2D eigenvalue weighted by Gasteiger charge is -2.04. The van der Waals surface area contributed by atoms with Crippen molar-refractivity contribution in [2.75, 3.05) is 19.2 Å². The van der Waals surface area contributed by atoms with Crippen molar-refractivity contribution in [1.29, 1.82) is 0 Å². The molecule has 0 aromatic heterocycles. The number of ether oxygens (including phenoxy) is 3. The average Bonchev–Trinajstić information content (AvgIpc) is 3.01. The third kappa shape index (κ3) is 3.57. The van der Waals surface area contributed by atoms with Crippen molar-refractivity contribution in [2.24, 2.45) is 0 Å². The number of fused-ring (bicyclic) bond motifs is 1. The lowest BCUT2D eigenvalue weighted by molar-refractivity contribution is -0.111. The molecule has 6 heteroatoms. The average molecular weight is 332 g/mol. The number of carbonyl (C=O) groups excluding carboxylic acids is 1. The van der Waals surface area contributed by atoms with Gasteiger partial charge in [-0.25, -0.2) is 0 Å². The van der Waals surface area contributed by atoms with E-state index in [4.69, 9.17) is 25.8 Å². The molecule has 0 bridgehead atoms.